The van der Waals surface area contributed by atoms with Gasteiger partial charge in [-0.05, 0) is 104 Å². The fourth-order valence-corrected chi connectivity index (χ4v) is 8.96. The Hall–Kier alpha value is -2.40. The summed E-state index contributed by atoms with van der Waals surface area (Å²) in [5.74, 6) is -20.2. The van der Waals surface area contributed by atoms with Gasteiger partial charge in [0.15, 0.2) is 0 Å². The second-order valence-corrected chi connectivity index (χ2v) is 14.7. The van der Waals surface area contributed by atoms with Gasteiger partial charge >= 0.3 is 29.9 Å². The molecule has 4 rings (SSSR count). The molecule has 272 valence electrons. The average molecular weight is 699 g/mol. The number of phenolic OH excluding ortho intramolecular Hbond substituents is 1. The van der Waals surface area contributed by atoms with E-state index in [1.165, 1.54) is 23.1 Å². The molecule has 0 aliphatic heterocycles. The van der Waals surface area contributed by atoms with E-state index in [2.05, 4.69) is 19.6 Å². The summed E-state index contributed by atoms with van der Waals surface area (Å²) in [6.07, 6.45) is 1.54. The Labute approximate surface area is 276 Å². The lowest BCUT2D eigenvalue weighted by molar-refractivity contribution is -0.396. The third kappa shape index (κ3) is 7.52. The first-order valence-electron chi connectivity index (χ1n) is 17.2. The summed E-state index contributed by atoms with van der Waals surface area (Å²) >= 11 is 0. The van der Waals surface area contributed by atoms with Gasteiger partial charge in [0.1, 0.15) is 5.75 Å². The molecule has 2 N–H and O–H groups in total. The lowest BCUT2D eigenvalue weighted by Gasteiger charge is -2.52. The molecule has 0 bridgehead atoms. The smallest absolute Gasteiger partial charge is 0.460 e. The van der Waals surface area contributed by atoms with Crippen molar-refractivity contribution in [1.29, 1.82) is 0 Å². The molecule has 0 saturated heterocycles. The monoisotopic (exact) mass is 698 g/mol. The predicted molar refractivity (Wildman–Crippen MR) is 164 cm³/mol. The van der Waals surface area contributed by atoms with Gasteiger partial charge in [0, 0.05) is 6.42 Å². The SMILES string of the molecule is C=C1CCC2C3C(CCCCCCCCCC(CCC(F)(F)C(F)(F)C(F)(F)C(F)(F)F)C(=O)O)Cc4cc(O)ccc4C3CC[C@]12C. The quantitative estimate of drug-likeness (QED) is 0.103. The number of aliphatic carboxylic acids is 1. The summed E-state index contributed by atoms with van der Waals surface area (Å²) in [5, 5.41) is 19.5. The number of unbranched alkanes of at least 4 members (excludes halogenated alkanes) is 6. The molecular weight excluding hydrogens is 651 g/mol. The third-order valence-corrected chi connectivity index (χ3v) is 11.8. The van der Waals surface area contributed by atoms with Crippen molar-refractivity contribution in [1.82, 2.24) is 0 Å². The molecule has 1 aromatic rings. The molecule has 6 atom stereocenters. The largest absolute Gasteiger partial charge is 0.508 e. The van der Waals surface area contributed by atoms with E-state index >= 15 is 0 Å². The van der Waals surface area contributed by atoms with E-state index in [9.17, 15) is 54.5 Å². The minimum absolute atomic E-state index is 0.180. The Morgan fingerprint density at radius 1 is 0.917 bits per heavy atom. The molecule has 3 aliphatic carbocycles. The number of hydrogen-bond acceptors (Lipinski definition) is 2. The number of aromatic hydroxyl groups is 1. The highest BCUT2D eigenvalue weighted by atomic mass is 19.4. The van der Waals surface area contributed by atoms with Crippen LogP contribution in [0.5, 0.6) is 5.75 Å². The molecule has 0 radical (unpaired) electrons. The van der Waals surface area contributed by atoms with Crippen LogP contribution < -0.4 is 0 Å². The summed E-state index contributed by atoms with van der Waals surface area (Å²) in [7, 11) is 0. The first kappa shape index (κ1) is 38.4. The van der Waals surface area contributed by atoms with Crippen molar-refractivity contribution in [3.8, 4) is 5.75 Å². The fourth-order valence-electron chi connectivity index (χ4n) is 8.96. The average Bonchev–Trinajstić information content (AvgIpc) is 3.30. The predicted octanol–water partition coefficient (Wildman–Crippen LogP) is 11.5. The summed E-state index contributed by atoms with van der Waals surface area (Å²) in [6.45, 7) is 6.82. The summed E-state index contributed by atoms with van der Waals surface area (Å²) in [6, 6.07) is 5.82. The van der Waals surface area contributed by atoms with E-state index in [4.69, 9.17) is 0 Å². The van der Waals surface area contributed by atoms with Gasteiger partial charge in [-0.1, -0.05) is 70.1 Å². The number of halogens is 9. The Kier molecular flexibility index (Phi) is 11.6. The molecule has 2 fully saturated rings. The molecule has 0 aromatic heterocycles. The van der Waals surface area contributed by atoms with E-state index < -0.39 is 48.7 Å². The molecule has 48 heavy (non-hydrogen) atoms. The van der Waals surface area contributed by atoms with Crippen molar-refractivity contribution < 1.29 is 54.5 Å². The van der Waals surface area contributed by atoms with Gasteiger partial charge in [-0.15, -0.1) is 0 Å². The third-order valence-electron chi connectivity index (χ3n) is 11.8. The van der Waals surface area contributed by atoms with Crippen molar-refractivity contribution in [2.75, 3.05) is 0 Å². The lowest BCUT2D eigenvalue weighted by Crippen LogP contribution is -2.60. The second kappa shape index (κ2) is 14.4. The Bertz CT molecular complexity index is 1290. The number of rotatable bonds is 16. The van der Waals surface area contributed by atoms with Gasteiger partial charge in [-0.25, -0.2) is 0 Å². The topological polar surface area (TPSA) is 57.5 Å². The van der Waals surface area contributed by atoms with E-state index in [0.29, 0.717) is 35.8 Å². The molecule has 12 heteroatoms. The van der Waals surface area contributed by atoms with E-state index in [1.54, 1.807) is 6.07 Å². The standard InChI is InChI=1S/C36H47F9O3/c1-22-12-15-29-30-24(20-25-21-26(46)13-14-27(25)28(30)17-18-32(22,29)2)11-9-7-5-3-4-6-8-10-23(31(47)48)16-19-33(37,38)34(39,40)35(41,42)36(43,44)45/h13-14,21,23-24,28-30,46H,1,3-12,15-20H2,2H3,(H,47,48)/t23?,24?,28?,29?,30?,32-/m1/s1. The summed E-state index contributed by atoms with van der Waals surface area (Å²) < 4.78 is 118. The molecule has 2 saturated carbocycles. The molecule has 5 unspecified atom stereocenters. The van der Waals surface area contributed by atoms with Gasteiger partial charge in [-0.3, -0.25) is 4.79 Å². The van der Waals surface area contributed by atoms with Crippen LogP contribution in [0.25, 0.3) is 0 Å². The number of hydrogen-bond donors (Lipinski definition) is 2. The molecule has 0 spiro atoms. The fraction of sp³-hybridized carbons (Fsp3) is 0.750. The molecule has 3 nitrogen and oxygen atoms in total. The maximum Gasteiger partial charge on any atom is 0.460 e. The molecular formula is C36H47F9O3. The van der Waals surface area contributed by atoms with Crippen molar-refractivity contribution in [3.05, 3.63) is 41.5 Å². The maximum atomic E-state index is 13.9. The van der Waals surface area contributed by atoms with E-state index in [-0.39, 0.29) is 18.3 Å². The van der Waals surface area contributed by atoms with Crippen molar-refractivity contribution >= 4 is 5.97 Å². The van der Waals surface area contributed by atoms with Crippen LogP contribution in [0.1, 0.15) is 120 Å². The number of carbonyl (C=O) groups is 1. The number of phenols is 1. The van der Waals surface area contributed by atoms with Gasteiger partial charge < -0.3 is 10.2 Å². The Balaban J connectivity index is 1.20. The molecule has 1 aromatic carbocycles. The minimum atomic E-state index is -6.97. The highest BCUT2D eigenvalue weighted by Crippen LogP contribution is 2.64. The van der Waals surface area contributed by atoms with Gasteiger partial charge in [-0.2, -0.15) is 39.5 Å². The van der Waals surface area contributed by atoms with Crippen LogP contribution >= 0.6 is 0 Å². The number of carboxylic acid groups (broad SMARTS) is 1. The van der Waals surface area contributed by atoms with Crippen LogP contribution in [0.4, 0.5) is 39.5 Å². The van der Waals surface area contributed by atoms with Crippen LogP contribution in [-0.4, -0.2) is 40.1 Å². The maximum absolute atomic E-state index is 13.9. The molecule has 3 aliphatic rings. The first-order chi connectivity index (χ1) is 22.2. The molecule has 0 heterocycles. The first-order valence-corrected chi connectivity index (χ1v) is 17.2. The second-order valence-electron chi connectivity index (χ2n) is 14.7. The van der Waals surface area contributed by atoms with Crippen LogP contribution in [0.15, 0.2) is 30.4 Å². The van der Waals surface area contributed by atoms with Gasteiger partial charge in [0.25, 0.3) is 0 Å². The Morgan fingerprint density at radius 2 is 1.54 bits per heavy atom. The Morgan fingerprint density at radius 3 is 2.17 bits per heavy atom. The van der Waals surface area contributed by atoms with Crippen LogP contribution in [0.2, 0.25) is 0 Å². The van der Waals surface area contributed by atoms with Crippen molar-refractivity contribution in [2.45, 2.75) is 140 Å². The number of alkyl halides is 9. The zero-order chi connectivity index (χ0) is 35.7. The van der Waals surface area contributed by atoms with Crippen molar-refractivity contribution in [3.63, 3.8) is 0 Å². The summed E-state index contributed by atoms with van der Waals surface area (Å²) in [4.78, 5) is 11.5. The number of allylic oxidation sites excluding steroid dienone is 1. The van der Waals surface area contributed by atoms with Crippen LogP contribution in [0, 0.1) is 29.1 Å². The minimum Gasteiger partial charge on any atom is -0.508 e. The normalized spacial score (nSPS) is 26.9. The highest BCUT2D eigenvalue weighted by molar-refractivity contribution is 5.69. The zero-order valence-corrected chi connectivity index (χ0v) is 27.3. The van der Waals surface area contributed by atoms with Crippen LogP contribution in [-0.2, 0) is 11.2 Å². The van der Waals surface area contributed by atoms with E-state index in [0.717, 1.165) is 64.2 Å². The van der Waals surface area contributed by atoms with E-state index in [1.807, 2.05) is 6.07 Å². The highest BCUT2D eigenvalue weighted by Gasteiger charge is 2.81. The van der Waals surface area contributed by atoms with Gasteiger partial charge in [0.05, 0.1) is 5.92 Å². The van der Waals surface area contributed by atoms with Gasteiger partial charge in [0.2, 0.25) is 0 Å². The number of benzene rings is 1. The summed E-state index contributed by atoms with van der Waals surface area (Å²) in [5.41, 5.74) is 4.19. The molecule has 0 amide bonds. The number of carboxylic acids is 1. The van der Waals surface area contributed by atoms with Crippen molar-refractivity contribution in [2.24, 2.45) is 29.1 Å². The van der Waals surface area contributed by atoms with Crippen LogP contribution in [0.3, 0.4) is 0 Å². The lowest BCUT2D eigenvalue weighted by atomic mass is 9.52. The zero-order valence-electron chi connectivity index (χ0n) is 27.3. The number of fused-ring (bicyclic) bond motifs is 5.